The minimum absolute atomic E-state index is 0.0506. The van der Waals surface area contributed by atoms with E-state index in [1.165, 1.54) is 11.3 Å². The van der Waals surface area contributed by atoms with E-state index in [-0.39, 0.29) is 6.04 Å². The van der Waals surface area contributed by atoms with Gasteiger partial charge in [0.15, 0.2) is 0 Å². The highest BCUT2D eigenvalue weighted by molar-refractivity contribution is 9.10. The highest BCUT2D eigenvalue weighted by atomic mass is 79.9. The zero-order valence-corrected chi connectivity index (χ0v) is 13.1. The van der Waals surface area contributed by atoms with Crippen LogP contribution in [0.5, 0.6) is 0 Å². The molecule has 0 saturated heterocycles. The van der Waals surface area contributed by atoms with E-state index in [4.69, 9.17) is 5.73 Å². The number of rotatable bonds is 3. The molecule has 0 aromatic heterocycles. The van der Waals surface area contributed by atoms with Crippen molar-refractivity contribution < 1.29 is 0 Å². The van der Waals surface area contributed by atoms with E-state index < -0.39 is 0 Å². The van der Waals surface area contributed by atoms with Gasteiger partial charge in [0.1, 0.15) is 0 Å². The second-order valence-corrected chi connectivity index (χ2v) is 5.75. The first-order valence-corrected chi connectivity index (χ1v) is 7.14. The third-order valence-electron chi connectivity index (χ3n) is 3.25. The third kappa shape index (κ3) is 3.17. The van der Waals surface area contributed by atoms with Crippen molar-refractivity contribution in [2.45, 2.75) is 19.9 Å². The van der Waals surface area contributed by atoms with Crippen LogP contribution in [0.25, 0.3) is 0 Å². The molecule has 3 heteroatoms. The molecule has 0 saturated carbocycles. The first-order valence-electron chi connectivity index (χ1n) is 6.34. The van der Waals surface area contributed by atoms with Crippen LogP contribution in [0.2, 0.25) is 0 Å². The summed E-state index contributed by atoms with van der Waals surface area (Å²) in [5.41, 5.74) is 10.6. The predicted molar refractivity (Wildman–Crippen MR) is 86.0 cm³/mol. The van der Waals surface area contributed by atoms with Crippen LogP contribution in [0.1, 0.15) is 24.1 Å². The molecule has 0 fully saturated rings. The predicted octanol–water partition coefficient (Wildman–Crippen LogP) is 4.55. The van der Waals surface area contributed by atoms with Gasteiger partial charge in [0.25, 0.3) is 0 Å². The maximum Gasteiger partial charge on any atom is 0.0552 e. The Morgan fingerprint density at radius 3 is 2.47 bits per heavy atom. The van der Waals surface area contributed by atoms with Gasteiger partial charge in [-0.3, -0.25) is 0 Å². The van der Waals surface area contributed by atoms with Crippen LogP contribution in [0.3, 0.4) is 0 Å². The molecule has 0 radical (unpaired) electrons. The van der Waals surface area contributed by atoms with Crippen molar-refractivity contribution in [2.24, 2.45) is 5.73 Å². The summed E-state index contributed by atoms with van der Waals surface area (Å²) in [6, 6.07) is 14.8. The number of nitrogens with zero attached hydrogens (tertiary/aromatic N) is 1. The number of hydrogen-bond acceptors (Lipinski definition) is 2. The Hall–Kier alpha value is -1.32. The van der Waals surface area contributed by atoms with Crippen molar-refractivity contribution in [1.82, 2.24) is 0 Å². The van der Waals surface area contributed by atoms with Gasteiger partial charge in [0.2, 0.25) is 0 Å². The SMILES string of the molecule is Cc1cccc(N(C)c2ccc([C@H](C)N)cc2Br)c1. The lowest BCUT2D eigenvalue weighted by Gasteiger charge is -2.22. The Kier molecular flexibility index (Phi) is 4.27. The summed E-state index contributed by atoms with van der Waals surface area (Å²) in [6.45, 7) is 4.09. The zero-order chi connectivity index (χ0) is 14.0. The average molecular weight is 319 g/mol. The summed E-state index contributed by atoms with van der Waals surface area (Å²) < 4.78 is 1.06. The lowest BCUT2D eigenvalue weighted by Crippen LogP contribution is -2.11. The molecule has 0 bridgehead atoms. The summed E-state index contributed by atoms with van der Waals surface area (Å²) >= 11 is 3.63. The number of benzene rings is 2. The average Bonchev–Trinajstić information content (AvgIpc) is 2.37. The van der Waals surface area contributed by atoms with Crippen LogP contribution in [0, 0.1) is 6.92 Å². The Morgan fingerprint density at radius 2 is 1.89 bits per heavy atom. The van der Waals surface area contributed by atoms with Gasteiger partial charge in [0.05, 0.1) is 5.69 Å². The maximum absolute atomic E-state index is 5.91. The molecule has 0 aliphatic carbocycles. The fourth-order valence-corrected chi connectivity index (χ4v) is 2.72. The van der Waals surface area contributed by atoms with E-state index in [0.29, 0.717) is 0 Å². The quantitative estimate of drug-likeness (QED) is 0.899. The summed E-state index contributed by atoms with van der Waals surface area (Å²) in [5.74, 6) is 0. The monoisotopic (exact) mass is 318 g/mol. The molecule has 19 heavy (non-hydrogen) atoms. The zero-order valence-electron chi connectivity index (χ0n) is 11.5. The van der Waals surface area contributed by atoms with E-state index in [1.54, 1.807) is 0 Å². The number of nitrogens with two attached hydrogens (primary N) is 1. The van der Waals surface area contributed by atoms with Crippen molar-refractivity contribution in [3.05, 3.63) is 58.1 Å². The van der Waals surface area contributed by atoms with Crippen LogP contribution >= 0.6 is 15.9 Å². The fourth-order valence-electron chi connectivity index (χ4n) is 2.05. The van der Waals surface area contributed by atoms with Gasteiger partial charge in [-0.15, -0.1) is 0 Å². The van der Waals surface area contributed by atoms with E-state index >= 15 is 0 Å². The topological polar surface area (TPSA) is 29.3 Å². The lowest BCUT2D eigenvalue weighted by atomic mass is 10.1. The molecular weight excluding hydrogens is 300 g/mol. The molecule has 0 unspecified atom stereocenters. The third-order valence-corrected chi connectivity index (χ3v) is 3.88. The summed E-state index contributed by atoms with van der Waals surface area (Å²) in [4.78, 5) is 2.17. The smallest absolute Gasteiger partial charge is 0.0552 e. The standard InChI is InChI=1S/C16H19BrN2/c1-11-5-4-6-14(9-11)19(3)16-8-7-13(12(2)18)10-15(16)17/h4-10,12H,18H2,1-3H3/t12-/m0/s1. The van der Waals surface area contributed by atoms with Gasteiger partial charge in [-0.25, -0.2) is 0 Å². The molecule has 2 nitrogen and oxygen atoms in total. The first-order chi connectivity index (χ1) is 8.99. The van der Waals surface area contributed by atoms with Crippen molar-refractivity contribution in [1.29, 1.82) is 0 Å². The number of hydrogen-bond donors (Lipinski definition) is 1. The molecule has 2 aromatic rings. The van der Waals surface area contributed by atoms with Crippen molar-refractivity contribution >= 4 is 27.3 Å². The highest BCUT2D eigenvalue weighted by Gasteiger charge is 2.10. The van der Waals surface area contributed by atoms with Crippen LogP contribution in [-0.2, 0) is 0 Å². The van der Waals surface area contributed by atoms with E-state index in [2.05, 4.69) is 77.3 Å². The minimum atomic E-state index is 0.0506. The molecule has 0 heterocycles. The molecule has 100 valence electrons. The Balaban J connectivity index is 2.36. The number of halogens is 1. The molecule has 0 aliphatic heterocycles. The molecule has 2 N–H and O–H groups in total. The van der Waals surface area contributed by atoms with Gasteiger partial charge in [-0.2, -0.15) is 0 Å². The second-order valence-electron chi connectivity index (χ2n) is 4.90. The Bertz CT molecular complexity index is 579. The molecular formula is C16H19BrN2. The van der Waals surface area contributed by atoms with E-state index in [9.17, 15) is 0 Å². The largest absolute Gasteiger partial charge is 0.344 e. The number of aryl methyl sites for hydroxylation is 1. The van der Waals surface area contributed by atoms with E-state index in [1.807, 2.05) is 6.92 Å². The first kappa shape index (κ1) is 14.1. The second kappa shape index (κ2) is 5.76. The van der Waals surface area contributed by atoms with Crippen LogP contribution < -0.4 is 10.6 Å². The molecule has 0 amide bonds. The lowest BCUT2D eigenvalue weighted by molar-refractivity contribution is 0.817. The Labute approximate surface area is 123 Å². The van der Waals surface area contributed by atoms with Gasteiger partial charge in [-0.1, -0.05) is 18.2 Å². The van der Waals surface area contributed by atoms with Crippen LogP contribution in [0.15, 0.2) is 46.9 Å². The molecule has 2 rings (SSSR count). The fraction of sp³-hybridized carbons (Fsp3) is 0.250. The summed E-state index contributed by atoms with van der Waals surface area (Å²) in [6.07, 6.45) is 0. The number of anilines is 2. The van der Waals surface area contributed by atoms with Crippen molar-refractivity contribution in [3.63, 3.8) is 0 Å². The van der Waals surface area contributed by atoms with Crippen LogP contribution in [-0.4, -0.2) is 7.05 Å². The minimum Gasteiger partial charge on any atom is -0.344 e. The maximum atomic E-state index is 5.91. The summed E-state index contributed by atoms with van der Waals surface area (Å²) in [7, 11) is 2.07. The molecule has 2 aromatic carbocycles. The highest BCUT2D eigenvalue weighted by Crippen LogP contribution is 2.32. The van der Waals surface area contributed by atoms with Gasteiger partial charge in [-0.05, 0) is 65.2 Å². The molecule has 0 spiro atoms. The normalized spacial score (nSPS) is 12.3. The van der Waals surface area contributed by atoms with Gasteiger partial charge >= 0.3 is 0 Å². The molecule has 0 aliphatic rings. The van der Waals surface area contributed by atoms with Gasteiger partial charge < -0.3 is 10.6 Å². The van der Waals surface area contributed by atoms with Crippen molar-refractivity contribution in [2.75, 3.05) is 11.9 Å². The Morgan fingerprint density at radius 1 is 1.16 bits per heavy atom. The summed E-state index contributed by atoms with van der Waals surface area (Å²) in [5, 5.41) is 0. The van der Waals surface area contributed by atoms with E-state index in [0.717, 1.165) is 15.7 Å². The van der Waals surface area contributed by atoms with Crippen molar-refractivity contribution in [3.8, 4) is 0 Å². The molecule has 1 atom stereocenters. The van der Waals surface area contributed by atoms with Crippen LogP contribution in [0.4, 0.5) is 11.4 Å². The van der Waals surface area contributed by atoms with Gasteiger partial charge in [0, 0.05) is 23.2 Å².